The first-order valence-corrected chi connectivity index (χ1v) is 8.13. The van der Waals surface area contributed by atoms with Crippen LogP contribution < -0.4 is 5.32 Å². The number of hydroxylamine groups is 3. The second kappa shape index (κ2) is 5.62. The summed E-state index contributed by atoms with van der Waals surface area (Å²) in [6.45, 7) is 2.57. The Morgan fingerprint density at radius 1 is 1.30 bits per heavy atom. The van der Waals surface area contributed by atoms with Crippen LogP contribution in [-0.2, 0) is 4.79 Å². The molecule has 0 amide bonds. The van der Waals surface area contributed by atoms with Gasteiger partial charge in [0, 0.05) is 30.8 Å². The third-order valence-electron chi connectivity index (χ3n) is 5.72. The molecule has 0 radical (unpaired) electrons. The summed E-state index contributed by atoms with van der Waals surface area (Å²) in [6.07, 6.45) is 6.32. The number of rotatable bonds is 4. The van der Waals surface area contributed by atoms with E-state index in [0.29, 0.717) is 17.9 Å². The molecule has 0 aliphatic carbocycles. The number of carboxylic acids is 1. The van der Waals surface area contributed by atoms with Gasteiger partial charge in [-0.15, -0.1) is 0 Å². The normalized spacial score (nSPS) is 43.9. The van der Waals surface area contributed by atoms with Crippen LogP contribution in [0.1, 0.15) is 44.9 Å². The lowest BCUT2D eigenvalue weighted by molar-refractivity contribution is -0.925. The fourth-order valence-corrected chi connectivity index (χ4v) is 4.96. The minimum atomic E-state index is -0.714. The Bertz CT molecular complexity index is 372. The van der Waals surface area contributed by atoms with E-state index in [2.05, 4.69) is 5.32 Å². The van der Waals surface area contributed by atoms with E-state index in [0.717, 1.165) is 51.7 Å². The highest BCUT2D eigenvalue weighted by atomic mass is 16.5. The number of nitrogens with one attached hydrogen (secondary N) is 1. The highest BCUT2D eigenvalue weighted by Crippen LogP contribution is 2.44. The zero-order chi connectivity index (χ0) is 14.2. The highest BCUT2D eigenvalue weighted by molar-refractivity contribution is 5.66. The summed E-state index contributed by atoms with van der Waals surface area (Å²) in [5.74, 6) is 0.297. The predicted octanol–water partition coefficient (Wildman–Crippen LogP) is 1.72. The van der Waals surface area contributed by atoms with Gasteiger partial charge in [0.1, 0.15) is 0 Å². The number of aliphatic carboxylic acids is 1. The molecule has 0 spiro atoms. The number of nitrogens with zero attached hydrogens (tertiary/aromatic N) is 1. The van der Waals surface area contributed by atoms with Crippen molar-refractivity contribution >= 4 is 5.97 Å². The lowest BCUT2D eigenvalue weighted by Crippen LogP contribution is -2.70. The molecular weight excluding hydrogens is 256 g/mol. The Balaban J connectivity index is 1.68. The fraction of sp³-hybridized carbons (Fsp3) is 0.933. The molecule has 114 valence electrons. The quantitative estimate of drug-likeness (QED) is 0.608. The van der Waals surface area contributed by atoms with Crippen LogP contribution in [0.15, 0.2) is 0 Å². The Kier molecular flexibility index (Phi) is 4.02. The van der Waals surface area contributed by atoms with Crippen molar-refractivity contribution in [2.45, 2.75) is 57.0 Å². The molecule has 0 aromatic heterocycles. The van der Waals surface area contributed by atoms with Crippen molar-refractivity contribution in [2.75, 3.05) is 19.6 Å². The van der Waals surface area contributed by atoms with E-state index in [1.165, 1.54) is 6.42 Å². The molecule has 0 aromatic carbocycles. The molecule has 5 heteroatoms. The average molecular weight is 282 g/mol. The third kappa shape index (κ3) is 2.59. The van der Waals surface area contributed by atoms with Crippen LogP contribution in [0.4, 0.5) is 0 Å². The van der Waals surface area contributed by atoms with Gasteiger partial charge in [0.25, 0.3) is 0 Å². The molecule has 0 aromatic rings. The second-order valence-corrected chi connectivity index (χ2v) is 6.90. The Morgan fingerprint density at radius 3 is 2.80 bits per heavy atom. The number of carboxylic acid groups (broad SMARTS) is 1. The van der Waals surface area contributed by atoms with Gasteiger partial charge in [0.2, 0.25) is 0 Å². The summed E-state index contributed by atoms with van der Waals surface area (Å²) in [7, 11) is 0. The van der Waals surface area contributed by atoms with Crippen molar-refractivity contribution in [2.24, 2.45) is 11.8 Å². The van der Waals surface area contributed by atoms with Crippen molar-refractivity contribution < 1.29 is 14.5 Å². The maximum atomic E-state index is 13.1. The largest absolute Gasteiger partial charge is 0.633 e. The van der Waals surface area contributed by atoms with Gasteiger partial charge in [0.05, 0.1) is 19.1 Å². The summed E-state index contributed by atoms with van der Waals surface area (Å²) in [6, 6.07) is 0.647. The van der Waals surface area contributed by atoms with Crippen LogP contribution in [-0.4, -0.2) is 47.4 Å². The second-order valence-electron chi connectivity index (χ2n) is 6.90. The summed E-state index contributed by atoms with van der Waals surface area (Å²) in [5, 5.41) is 25.5. The number of piperidine rings is 3. The molecule has 0 saturated carbocycles. The van der Waals surface area contributed by atoms with E-state index < -0.39 is 5.97 Å². The number of hydrogen-bond donors (Lipinski definition) is 2. The molecule has 20 heavy (non-hydrogen) atoms. The van der Waals surface area contributed by atoms with Gasteiger partial charge in [-0.05, 0) is 38.5 Å². The molecule has 5 nitrogen and oxygen atoms in total. The number of quaternary nitrogens is 1. The SMILES string of the molecule is O=C(O)CCC[C@H]1NC[C@@H]2CCC[N+]3([O-])CCC[C@H]1[C@H]23. The van der Waals surface area contributed by atoms with Crippen LogP contribution in [0.25, 0.3) is 0 Å². The maximum Gasteiger partial charge on any atom is 0.303 e. The van der Waals surface area contributed by atoms with E-state index in [1.54, 1.807) is 0 Å². The summed E-state index contributed by atoms with van der Waals surface area (Å²) in [5.41, 5.74) is 0. The number of carbonyl (C=O) groups is 1. The van der Waals surface area contributed by atoms with Gasteiger partial charge in [-0.3, -0.25) is 4.79 Å². The number of hydrogen-bond acceptors (Lipinski definition) is 3. The summed E-state index contributed by atoms with van der Waals surface area (Å²) >= 11 is 0. The van der Waals surface area contributed by atoms with Crippen LogP contribution in [0.3, 0.4) is 0 Å². The van der Waals surface area contributed by atoms with E-state index in [-0.39, 0.29) is 17.1 Å². The topological polar surface area (TPSA) is 72.4 Å². The van der Waals surface area contributed by atoms with E-state index in [1.807, 2.05) is 0 Å². The first kappa shape index (κ1) is 14.3. The van der Waals surface area contributed by atoms with Gasteiger partial charge in [-0.2, -0.15) is 0 Å². The van der Waals surface area contributed by atoms with Gasteiger partial charge in [-0.1, -0.05) is 0 Å². The lowest BCUT2D eigenvalue weighted by Gasteiger charge is -2.62. The standard InChI is InChI=1S/C15H26N2O3/c18-14(19)7-1-6-13-12-5-3-9-17(20)8-2-4-11(10-16-13)15(12)17/h11-13,15-16H,1-10H2,(H,18,19)/t11-,12+,13+,15-,17?/m0/s1. The minimum absolute atomic E-state index is 0.0481. The maximum absolute atomic E-state index is 13.1. The summed E-state index contributed by atoms with van der Waals surface area (Å²) in [4.78, 5) is 10.7. The van der Waals surface area contributed by atoms with Crippen LogP contribution >= 0.6 is 0 Å². The van der Waals surface area contributed by atoms with Crippen molar-refractivity contribution in [3.05, 3.63) is 5.21 Å². The van der Waals surface area contributed by atoms with Crippen LogP contribution in [0, 0.1) is 17.0 Å². The first-order chi connectivity index (χ1) is 9.60. The molecule has 5 atom stereocenters. The predicted molar refractivity (Wildman–Crippen MR) is 75.9 cm³/mol. The smallest absolute Gasteiger partial charge is 0.303 e. The Labute approximate surface area is 120 Å². The van der Waals surface area contributed by atoms with E-state index in [9.17, 15) is 10.0 Å². The molecule has 3 saturated heterocycles. The molecule has 3 rings (SSSR count). The molecule has 1 unspecified atom stereocenters. The van der Waals surface area contributed by atoms with Gasteiger partial charge >= 0.3 is 5.97 Å². The van der Waals surface area contributed by atoms with Crippen molar-refractivity contribution in [1.82, 2.24) is 5.32 Å². The average Bonchev–Trinajstić information content (AvgIpc) is 2.40. The zero-order valence-electron chi connectivity index (χ0n) is 12.1. The summed E-state index contributed by atoms with van der Waals surface area (Å²) < 4.78 is 0.0481. The lowest BCUT2D eigenvalue weighted by atomic mass is 9.69. The van der Waals surface area contributed by atoms with Crippen molar-refractivity contribution in [3.8, 4) is 0 Å². The van der Waals surface area contributed by atoms with Gasteiger partial charge in [0.15, 0.2) is 0 Å². The Morgan fingerprint density at radius 2 is 2.05 bits per heavy atom. The highest BCUT2D eigenvalue weighted by Gasteiger charge is 2.51. The molecule has 0 bridgehead atoms. The molecule has 3 heterocycles. The molecule has 2 N–H and O–H groups in total. The third-order valence-corrected chi connectivity index (χ3v) is 5.72. The van der Waals surface area contributed by atoms with E-state index in [4.69, 9.17) is 5.11 Å². The first-order valence-electron chi connectivity index (χ1n) is 8.13. The fourth-order valence-electron chi connectivity index (χ4n) is 4.96. The monoisotopic (exact) mass is 282 g/mol. The van der Waals surface area contributed by atoms with Crippen LogP contribution in [0.2, 0.25) is 0 Å². The molecular formula is C15H26N2O3. The zero-order valence-corrected chi connectivity index (χ0v) is 12.1. The van der Waals surface area contributed by atoms with Crippen molar-refractivity contribution in [3.63, 3.8) is 0 Å². The van der Waals surface area contributed by atoms with E-state index >= 15 is 0 Å². The Hall–Kier alpha value is -0.650. The minimum Gasteiger partial charge on any atom is -0.633 e. The van der Waals surface area contributed by atoms with Crippen LogP contribution in [0.5, 0.6) is 0 Å². The van der Waals surface area contributed by atoms with Gasteiger partial charge < -0.3 is 20.3 Å². The van der Waals surface area contributed by atoms with Gasteiger partial charge in [-0.25, -0.2) is 0 Å². The molecule has 3 aliphatic heterocycles. The molecule has 3 fully saturated rings. The van der Waals surface area contributed by atoms with Crippen molar-refractivity contribution in [1.29, 1.82) is 0 Å². The molecule has 3 aliphatic rings.